The molecule has 0 aliphatic carbocycles. The summed E-state index contributed by atoms with van der Waals surface area (Å²) >= 11 is 1.91. The molecule has 2 aliphatic heterocycles. The number of aliphatic hydroxyl groups excluding tert-OH is 1. The van der Waals surface area contributed by atoms with E-state index in [9.17, 15) is 9.90 Å². The van der Waals surface area contributed by atoms with Crippen LogP contribution in [0.2, 0.25) is 0 Å². The maximum atomic E-state index is 12.1. The molecule has 0 bridgehead atoms. The lowest BCUT2D eigenvalue weighted by Crippen LogP contribution is -2.44. The Hall–Kier alpha value is -0.0600. The lowest BCUT2D eigenvalue weighted by Gasteiger charge is -2.37. The van der Waals surface area contributed by atoms with E-state index in [0.29, 0.717) is 13.0 Å². The summed E-state index contributed by atoms with van der Waals surface area (Å²) in [4.78, 5) is 12.1. The smallest absolute Gasteiger partial charge is 0.164 e. The highest BCUT2D eigenvalue weighted by molar-refractivity contribution is 7.99. The molecule has 3 nitrogen and oxygen atoms in total. The van der Waals surface area contributed by atoms with E-state index in [1.54, 1.807) is 0 Å². The number of rotatable bonds is 4. The van der Waals surface area contributed by atoms with E-state index in [4.69, 9.17) is 4.74 Å². The number of carbonyl (C=O) groups is 1. The average Bonchev–Trinajstić information content (AvgIpc) is 2.76. The molecule has 4 heteroatoms. The fourth-order valence-electron chi connectivity index (χ4n) is 2.82. The third kappa shape index (κ3) is 3.04. The molecule has 0 aromatic heterocycles. The van der Waals surface area contributed by atoms with Crippen molar-refractivity contribution in [2.24, 2.45) is 5.92 Å². The summed E-state index contributed by atoms with van der Waals surface area (Å²) in [5.74, 6) is 2.22. The van der Waals surface area contributed by atoms with Crippen molar-refractivity contribution in [2.75, 3.05) is 18.1 Å². The zero-order chi connectivity index (χ0) is 12.3. The first-order valence-electron chi connectivity index (χ1n) is 6.60. The summed E-state index contributed by atoms with van der Waals surface area (Å²) in [7, 11) is 0. The predicted octanol–water partition coefficient (Wildman–Crippen LogP) is 2.02. The third-order valence-corrected chi connectivity index (χ3v) is 5.08. The zero-order valence-corrected chi connectivity index (χ0v) is 11.3. The van der Waals surface area contributed by atoms with Gasteiger partial charge >= 0.3 is 0 Å². The van der Waals surface area contributed by atoms with Gasteiger partial charge in [0.25, 0.3) is 0 Å². The summed E-state index contributed by atoms with van der Waals surface area (Å²) < 4.78 is 5.89. The highest BCUT2D eigenvalue weighted by Crippen LogP contribution is 2.40. The number of carbonyl (C=O) groups excluding carboxylic acids is 1. The van der Waals surface area contributed by atoms with Crippen molar-refractivity contribution in [3.05, 3.63) is 0 Å². The molecule has 2 fully saturated rings. The fraction of sp³-hybridized carbons (Fsp3) is 0.923. The molecule has 3 unspecified atom stereocenters. The van der Waals surface area contributed by atoms with Gasteiger partial charge in [0.05, 0.1) is 5.60 Å². The number of thioether (sulfide) groups is 1. The fourth-order valence-corrected chi connectivity index (χ4v) is 4.20. The van der Waals surface area contributed by atoms with Crippen LogP contribution in [-0.2, 0) is 9.53 Å². The van der Waals surface area contributed by atoms with E-state index >= 15 is 0 Å². The Morgan fingerprint density at radius 1 is 1.65 bits per heavy atom. The van der Waals surface area contributed by atoms with Gasteiger partial charge in [0.15, 0.2) is 5.78 Å². The molecule has 0 saturated carbocycles. The van der Waals surface area contributed by atoms with E-state index in [-0.39, 0.29) is 17.3 Å². The van der Waals surface area contributed by atoms with Crippen molar-refractivity contribution < 1.29 is 14.6 Å². The number of hydrogen-bond acceptors (Lipinski definition) is 4. The monoisotopic (exact) mass is 258 g/mol. The minimum atomic E-state index is -0.755. The molecule has 2 saturated heterocycles. The second kappa shape index (κ2) is 5.72. The Balaban J connectivity index is 1.94. The van der Waals surface area contributed by atoms with Gasteiger partial charge in [0.1, 0.15) is 6.10 Å². The van der Waals surface area contributed by atoms with Crippen LogP contribution in [0, 0.1) is 5.92 Å². The Labute approximate surface area is 107 Å². The number of ether oxygens (including phenoxy) is 1. The van der Waals surface area contributed by atoms with Gasteiger partial charge in [0, 0.05) is 18.3 Å². The molecular weight excluding hydrogens is 236 g/mol. The Kier molecular flexibility index (Phi) is 4.50. The van der Waals surface area contributed by atoms with E-state index in [0.717, 1.165) is 37.2 Å². The highest BCUT2D eigenvalue weighted by atomic mass is 32.2. The molecule has 0 amide bonds. The summed E-state index contributed by atoms with van der Waals surface area (Å²) in [6.45, 7) is 2.67. The molecule has 0 radical (unpaired) electrons. The van der Waals surface area contributed by atoms with Crippen LogP contribution in [0.4, 0.5) is 0 Å². The Morgan fingerprint density at radius 3 is 3.12 bits per heavy atom. The topological polar surface area (TPSA) is 46.5 Å². The van der Waals surface area contributed by atoms with Crippen LogP contribution in [0.3, 0.4) is 0 Å². The maximum absolute atomic E-state index is 12.1. The minimum Gasteiger partial charge on any atom is -0.385 e. The Bertz CT molecular complexity index is 274. The zero-order valence-electron chi connectivity index (χ0n) is 10.5. The van der Waals surface area contributed by atoms with Gasteiger partial charge < -0.3 is 9.84 Å². The van der Waals surface area contributed by atoms with Crippen molar-refractivity contribution in [1.29, 1.82) is 0 Å². The molecule has 1 N–H and O–H groups in total. The maximum Gasteiger partial charge on any atom is 0.164 e. The van der Waals surface area contributed by atoms with Crippen LogP contribution in [0.1, 0.15) is 39.0 Å². The summed E-state index contributed by atoms with van der Waals surface area (Å²) in [6, 6.07) is 0. The lowest BCUT2D eigenvalue weighted by molar-refractivity contribution is -0.142. The number of hydrogen-bond donors (Lipinski definition) is 1. The van der Waals surface area contributed by atoms with Crippen LogP contribution in [-0.4, -0.2) is 40.7 Å². The normalized spacial score (nSPS) is 35.1. The van der Waals surface area contributed by atoms with Crippen LogP contribution in [0.15, 0.2) is 0 Å². The molecule has 2 rings (SSSR count). The van der Waals surface area contributed by atoms with Gasteiger partial charge in [-0.3, -0.25) is 4.79 Å². The summed E-state index contributed by atoms with van der Waals surface area (Å²) in [5.41, 5.74) is -0.0603. The number of aliphatic hydroxyl groups is 1. The average molecular weight is 258 g/mol. The summed E-state index contributed by atoms with van der Waals surface area (Å²) in [6.07, 6.45) is 3.36. The lowest BCUT2D eigenvalue weighted by atomic mass is 9.81. The first kappa shape index (κ1) is 13.4. The minimum absolute atomic E-state index is 0.0176. The standard InChI is InChI=1S/C13H22O3S/c1-2-3-11(14)12(15)10-4-6-16-13(8-10)5-7-17-9-13/h10-11,14H,2-9H2,1H3. The van der Waals surface area contributed by atoms with Crippen LogP contribution in [0.5, 0.6) is 0 Å². The van der Waals surface area contributed by atoms with E-state index in [1.165, 1.54) is 0 Å². The molecule has 0 aromatic carbocycles. The second-order valence-electron chi connectivity index (χ2n) is 5.23. The first-order valence-corrected chi connectivity index (χ1v) is 7.76. The molecule has 98 valence electrons. The second-order valence-corrected chi connectivity index (χ2v) is 6.34. The quantitative estimate of drug-likeness (QED) is 0.838. The van der Waals surface area contributed by atoms with Crippen molar-refractivity contribution in [2.45, 2.75) is 50.7 Å². The van der Waals surface area contributed by atoms with E-state index < -0.39 is 6.10 Å². The molecule has 2 aliphatic rings. The van der Waals surface area contributed by atoms with Gasteiger partial charge in [-0.05, 0) is 31.4 Å². The van der Waals surface area contributed by atoms with Crippen LogP contribution < -0.4 is 0 Å². The molecule has 3 atom stereocenters. The molecule has 17 heavy (non-hydrogen) atoms. The van der Waals surface area contributed by atoms with Crippen molar-refractivity contribution >= 4 is 17.5 Å². The Morgan fingerprint density at radius 2 is 2.47 bits per heavy atom. The highest BCUT2D eigenvalue weighted by Gasteiger charge is 2.43. The van der Waals surface area contributed by atoms with Gasteiger partial charge in [-0.1, -0.05) is 13.3 Å². The first-order chi connectivity index (χ1) is 8.17. The SMILES string of the molecule is CCCC(O)C(=O)C1CCOC2(CCSC2)C1. The molecule has 0 aromatic rings. The van der Waals surface area contributed by atoms with Gasteiger partial charge in [-0.15, -0.1) is 0 Å². The predicted molar refractivity (Wildman–Crippen MR) is 69.3 cm³/mol. The number of Topliss-reactive ketones (excluding diaryl/α,β-unsaturated/α-hetero) is 1. The summed E-state index contributed by atoms with van der Waals surface area (Å²) in [5, 5.41) is 9.81. The molecule has 1 spiro atoms. The molecular formula is C13H22O3S. The van der Waals surface area contributed by atoms with Gasteiger partial charge in [-0.2, -0.15) is 11.8 Å². The van der Waals surface area contributed by atoms with Gasteiger partial charge in [-0.25, -0.2) is 0 Å². The van der Waals surface area contributed by atoms with E-state index in [1.807, 2.05) is 18.7 Å². The molecule has 2 heterocycles. The third-order valence-electron chi connectivity index (χ3n) is 3.85. The van der Waals surface area contributed by atoms with Crippen molar-refractivity contribution in [3.63, 3.8) is 0 Å². The van der Waals surface area contributed by atoms with Crippen LogP contribution >= 0.6 is 11.8 Å². The van der Waals surface area contributed by atoms with Crippen molar-refractivity contribution in [3.8, 4) is 0 Å². The van der Waals surface area contributed by atoms with E-state index in [2.05, 4.69) is 0 Å². The number of ketones is 1. The largest absolute Gasteiger partial charge is 0.385 e. The van der Waals surface area contributed by atoms with Gasteiger partial charge in [0.2, 0.25) is 0 Å². The van der Waals surface area contributed by atoms with Crippen molar-refractivity contribution in [1.82, 2.24) is 0 Å². The van der Waals surface area contributed by atoms with Crippen LogP contribution in [0.25, 0.3) is 0 Å².